The Bertz CT molecular complexity index is 712. The average molecular weight is 346 g/mol. The number of hydrogen-bond acceptors (Lipinski definition) is 7. The molecule has 0 aliphatic rings. The van der Waals surface area contributed by atoms with Gasteiger partial charge in [-0.2, -0.15) is 9.97 Å². The molecule has 0 atom stereocenters. The molecule has 0 radical (unpaired) electrons. The molecule has 24 heavy (non-hydrogen) atoms. The number of ether oxygens (including phenoxy) is 3. The van der Waals surface area contributed by atoms with Gasteiger partial charge in [0, 0.05) is 11.0 Å². The van der Waals surface area contributed by atoms with E-state index in [1.54, 1.807) is 19.1 Å². The van der Waals surface area contributed by atoms with Crippen molar-refractivity contribution in [3.8, 4) is 11.8 Å². The van der Waals surface area contributed by atoms with E-state index in [0.717, 1.165) is 10.5 Å². The first-order valence-electron chi connectivity index (χ1n) is 7.25. The van der Waals surface area contributed by atoms with Crippen LogP contribution in [0.15, 0.2) is 46.5 Å². The summed E-state index contributed by atoms with van der Waals surface area (Å²) in [5.41, 5.74) is 0.862. The van der Waals surface area contributed by atoms with Crippen LogP contribution >= 0.6 is 11.8 Å². The number of aromatic nitrogens is 2. The lowest BCUT2D eigenvalue weighted by molar-refractivity contribution is -0.137. The van der Waals surface area contributed by atoms with Crippen molar-refractivity contribution in [3.05, 3.63) is 42.0 Å². The van der Waals surface area contributed by atoms with Gasteiger partial charge in [0.15, 0.2) is 5.16 Å². The Kier molecular flexibility index (Phi) is 6.62. The van der Waals surface area contributed by atoms with Crippen LogP contribution in [-0.2, 0) is 9.53 Å². The number of esters is 1. The average Bonchev–Trinajstić information content (AvgIpc) is 2.61. The molecule has 0 saturated carbocycles. The molecule has 1 aromatic carbocycles. The van der Waals surface area contributed by atoms with Crippen LogP contribution in [0.5, 0.6) is 11.8 Å². The molecule has 0 amide bonds. The third-order valence-electron chi connectivity index (χ3n) is 2.88. The van der Waals surface area contributed by atoms with Gasteiger partial charge in [0.2, 0.25) is 11.8 Å². The number of methoxy groups -OCH3 is 2. The second-order valence-corrected chi connectivity index (χ2v) is 5.47. The van der Waals surface area contributed by atoms with E-state index in [4.69, 9.17) is 14.2 Å². The Balaban J connectivity index is 2.26. The molecule has 2 aromatic rings. The second kappa shape index (κ2) is 8.93. The van der Waals surface area contributed by atoms with Crippen molar-refractivity contribution in [2.75, 3.05) is 20.8 Å². The van der Waals surface area contributed by atoms with Gasteiger partial charge >= 0.3 is 5.97 Å². The molecule has 0 saturated heterocycles. The predicted molar refractivity (Wildman–Crippen MR) is 91.4 cm³/mol. The minimum atomic E-state index is -0.378. The highest BCUT2D eigenvalue weighted by Gasteiger charge is 2.09. The Morgan fingerprint density at radius 2 is 1.83 bits per heavy atom. The number of rotatable bonds is 7. The molecule has 2 rings (SSSR count). The third kappa shape index (κ3) is 4.99. The molecule has 0 fully saturated rings. The van der Waals surface area contributed by atoms with Gasteiger partial charge < -0.3 is 14.2 Å². The standard InChI is InChI=1S/C17H18N2O4S/c1-4-23-16(20)10-9-12-7-5-6-8-13(12)24-17-18-14(21-2)11-15(19-17)22-3/h5-11H,4H2,1-3H3. The highest BCUT2D eigenvalue weighted by molar-refractivity contribution is 7.99. The van der Waals surface area contributed by atoms with E-state index in [0.29, 0.717) is 23.5 Å². The number of nitrogens with zero attached hydrogens (tertiary/aromatic N) is 2. The minimum absolute atomic E-state index is 0.344. The number of hydrogen-bond donors (Lipinski definition) is 0. The normalized spacial score (nSPS) is 10.6. The van der Waals surface area contributed by atoms with Gasteiger partial charge in [0.25, 0.3) is 0 Å². The molecule has 0 spiro atoms. The highest BCUT2D eigenvalue weighted by atomic mass is 32.2. The number of benzene rings is 1. The van der Waals surface area contributed by atoms with Crippen LogP contribution in [0.25, 0.3) is 6.08 Å². The van der Waals surface area contributed by atoms with Crippen LogP contribution in [-0.4, -0.2) is 36.8 Å². The van der Waals surface area contributed by atoms with E-state index in [2.05, 4.69) is 9.97 Å². The quantitative estimate of drug-likeness (QED) is 0.433. The Morgan fingerprint density at radius 1 is 1.17 bits per heavy atom. The topological polar surface area (TPSA) is 70.5 Å². The summed E-state index contributed by atoms with van der Waals surface area (Å²) in [6, 6.07) is 9.22. The van der Waals surface area contributed by atoms with Gasteiger partial charge in [-0.1, -0.05) is 18.2 Å². The Hall–Kier alpha value is -2.54. The maximum Gasteiger partial charge on any atom is 0.330 e. The van der Waals surface area contributed by atoms with Crippen LogP contribution < -0.4 is 9.47 Å². The smallest absolute Gasteiger partial charge is 0.330 e. The summed E-state index contributed by atoms with van der Waals surface area (Å²) in [6.07, 6.45) is 3.10. The summed E-state index contributed by atoms with van der Waals surface area (Å²) in [7, 11) is 3.07. The number of carbonyl (C=O) groups is 1. The summed E-state index contributed by atoms with van der Waals surface area (Å²) < 4.78 is 15.2. The molecule has 1 heterocycles. The zero-order valence-corrected chi connectivity index (χ0v) is 14.5. The summed E-state index contributed by atoms with van der Waals surface area (Å²) in [5, 5.41) is 0.489. The molecule has 1 aromatic heterocycles. The first-order chi connectivity index (χ1) is 11.7. The van der Waals surface area contributed by atoms with Gasteiger partial charge in [-0.05, 0) is 36.4 Å². The van der Waals surface area contributed by atoms with Gasteiger partial charge in [-0.15, -0.1) is 0 Å². The first-order valence-corrected chi connectivity index (χ1v) is 8.06. The molecule has 0 N–H and O–H groups in total. The van der Waals surface area contributed by atoms with Gasteiger partial charge in [-0.3, -0.25) is 0 Å². The highest BCUT2D eigenvalue weighted by Crippen LogP contribution is 2.31. The SMILES string of the molecule is CCOC(=O)C=Cc1ccccc1Sc1nc(OC)cc(OC)n1. The lowest BCUT2D eigenvalue weighted by Crippen LogP contribution is -1.98. The van der Waals surface area contributed by atoms with E-state index in [1.807, 2.05) is 24.3 Å². The van der Waals surface area contributed by atoms with Crippen LogP contribution in [0, 0.1) is 0 Å². The van der Waals surface area contributed by atoms with E-state index < -0.39 is 0 Å². The fourth-order valence-corrected chi connectivity index (χ4v) is 2.66. The summed E-state index contributed by atoms with van der Waals surface area (Å²) in [5.74, 6) is 0.462. The van der Waals surface area contributed by atoms with Crippen LogP contribution in [0.1, 0.15) is 12.5 Å². The molecule has 7 heteroatoms. The predicted octanol–water partition coefficient (Wildman–Crippen LogP) is 3.22. The van der Waals surface area contributed by atoms with Crippen molar-refractivity contribution < 1.29 is 19.0 Å². The molecule has 0 aliphatic heterocycles. The van der Waals surface area contributed by atoms with Crippen LogP contribution in [0.4, 0.5) is 0 Å². The molecule has 126 valence electrons. The zero-order chi connectivity index (χ0) is 17.4. The zero-order valence-electron chi connectivity index (χ0n) is 13.7. The van der Waals surface area contributed by atoms with Crippen molar-refractivity contribution in [3.63, 3.8) is 0 Å². The molecular formula is C17H18N2O4S. The van der Waals surface area contributed by atoms with E-state index in [-0.39, 0.29) is 5.97 Å². The summed E-state index contributed by atoms with van der Waals surface area (Å²) in [4.78, 5) is 21.0. The third-order valence-corrected chi connectivity index (χ3v) is 3.84. The molecule has 0 aliphatic carbocycles. The van der Waals surface area contributed by atoms with E-state index >= 15 is 0 Å². The van der Waals surface area contributed by atoms with Gasteiger partial charge in [-0.25, -0.2) is 4.79 Å². The fourth-order valence-electron chi connectivity index (χ4n) is 1.80. The minimum Gasteiger partial charge on any atom is -0.481 e. The summed E-state index contributed by atoms with van der Waals surface area (Å²) in [6.45, 7) is 2.11. The van der Waals surface area contributed by atoms with Crippen molar-refractivity contribution in [1.82, 2.24) is 9.97 Å². The molecular weight excluding hydrogens is 328 g/mol. The van der Waals surface area contributed by atoms with Crippen molar-refractivity contribution >= 4 is 23.8 Å². The monoisotopic (exact) mass is 346 g/mol. The Labute approximate surface area is 144 Å². The molecule has 6 nitrogen and oxygen atoms in total. The Morgan fingerprint density at radius 3 is 2.46 bits per heavy atom. The summed E-state index contributed by atoms with van der Waals surface area (Å²) >= 11 is 1.35. The fraction of sp³-hybridized carbons (Fsp3) is 0.235. The molecule has 0 unspecified atom stereocenters. The van der Waals surface area contributed by atoms with Gasteiger partial charge in [0.1, 0.15) is 0 Å². The molecule has 0 bridgehead atoms. The van der Waals surface area contributed by atoms with Crippen molar-refractivity contribution in [2.24, 2.45) is 0 Å². The maximum atomic E-state index is 11.5. The first kappa shape index (κ1) is 17.8. The van der Waals surface area contributed by atoms with Crippen LogP contribution in [0.3, 0.4) is 0 Å². The lowest BCUT2D eigenvalue weighted by atomic mass is 10.2. The second-order valence-electron chi connectivity index (χ2n) is 4.46. The van der Waals surface area contributed by atoms with Crippen molar-refractivity contribution in [2.45, 2.75) is 17.0 Å². The maximum absolute atomic E-state index is 11.5. The largest absolute Gasteiger partial charge is 0.481 e. The van der Waals surface area contributed by atoms with E-state index in [1.165, 1.54) is 32.1 Å². The van der Waals surface area contributed by atoms with Gasteiger partial charge in [0.05, 0.1) is 26.9 Å². The van der Waals surface area contributed by atoms with Crippen LogP contribution in [0.2, 0.25) is 0 Å². The van der Waals surface area contributed by atoms with Crippen molar-refractivity contribution in [1.29, 1.82) is 0 Å². The van der Waals surface area contributed by atoms with E-state index in [9.17, 15) is 4.79 Å². The lowest BCUT2D eigenvalue weighted by Gasteiger charge is -2.07. The number of carbonyl (C=O) groups excluding carboxylic acids is 1.